The summed E-state index contributed by atoms with van der Waals surface area (Å²) in [6, 6.07) is 14.9. The van der Waals surface area contributed by atoms with Crippen molar-refractivity contribution in [3.8, 4) is 0 Å². The van der Waals surface area contributed by atoms with E-state index in [-0.39, 0.29) is 17.7 Å². The van der Waals surface area contributed by atoms with Gasteiger partial charge in [-0.2, -0.15) is 4.99 Å². The van der Waals surface area contributed by atoms with Crippen LogP contribution in [0.15, 0.2) is 53.5 Å². The summed E-state index contributed by atoms with van der Waals surface area (Å²) >= 11 is 1.48. The van der Waals surface area contributed by atoms with Crippen molar-refractivity contribution in [2.45, 2.75) is 12.8 Å². The number of fused-ring (bicyclic) bond motifs is 1. The average Bonchev–Trinajstić information content (AvgIpc) is 3.42. The minimum Gasteiger partial charge on any atom is -0.326 e. The van der Waals surface area contributed by atoms with E-state index < -0.39 is 0 Å². The molecule has 0 atom stereocenters. The van der Waals surface area contributed by atoms with E-state index in [4.69, 9.17) is 0 Å². The molecule has 6 heteroatoms. The fourth-order valence-electron chi connectivity index (χ4n) is 2.66. The van der Waals surface area contributed by atoms with Crippen molar-refractivity contribution in [1.82, 2.24) is 4.57 Å². The molecule has 1 aliphatic rings. The molecule has 25 heavy (non-hydrogen) atoms. The van der Waals surface area contributed by atoms with Crippen LogP contribution >= 0.6 is 11.3 Å². The van der Waals surface area contributed by atoms with E-state index in [1.165, 1.54) is 11.3 Å². The summed E-state index contributed by atoms with van der Waals surface area (Å²) in [4.78, 5) is 29.3. The van der Waals surface area contributed by atoms with Crippen LogP contribution in [0.25, 0.3) is 10.2 Å². The third-order valence-corrected chi connectivity index (χ3v) is 5.35. The molecule has 4 rings (SSSR count). The van der Waals surface area contributed by atoms with Gasteiger partial charge in [-0.25, -0.2) is 0 Å². The number of hydrogen-bond acceptors (Lipinski definition) is 3. The van der Waals surface area contributed by atoms with Crippen molar-refractivity contribution in [3.05, 3.63) is 58.9 Å². The Morgan fingerprint density at radius 2 is 1.96 bits per heavy atom. The van der Waals surface area contributed by atoms with Gasteiger partial charge in [0.1, 0.15) is 0 Å². The first-order chi connectivity index (χ1) is 12.1. The molecule has 1 aliphatic carbocycles. The number of amides is 2. The fraction of sp³-hybridized carbons (Fsp3) is 0.211. The first-order valence-corrected chi connectivity index (χ1v) is 8.98. The van der Waals surface area contributed by atoms with Crippen LogP contribution < -0.4 is 10.1 Å². The molecule has 0 unspecified atom stereocenters. The Labute approximate surface area is 148 Å². The minimum absolute atomic E-state index is 0.0254. The summed E-state index contributed by atoms with van der Waals surface area (Å²) in [7, 11) is 1.90. The maximum Gasteiger partial charge on any atom is 0.279 e. The van der Waals surface area contributed by atoms with Crippen LogP contribution in [0, 0.1) is 5.92 Å². The maximum absolute atomic E-state index is 12.5. The smallest absolute Gasteiger partial charge is 0.279 e. The van der Waals surface area contributed by atoms with Crippen molar-refractivity contribution >= 4 is 39.1 Å². The number of nitrogens with one attached hydrogen (secondary N) is 1. The molecule has 2 aromatic carbocycles. The summed E-state index contributed by atoms with van der Waals surface area (Å²) in [6.07, 6.45) is 1.89. The monoisotopic (exact) mass is 351 g/mol. The number of benzene rings is 2. The molecule has 1 saturated carbocycles. The molecule has 5 nitrogen and oxygen atoms in total. The first kappa shape index (κ1) is 15.8. The van der Waals surface area contributed by atoms with Gasteiger partial charge in [-0.15, -0.1) is 0 Å². The third-order valence-electron chi connectivity index (χ3n) is 4.24. The molecule has 2 amide bonds. The van der Waals surface area contributed by atoms with Crippen molar-refractivity contribution < 1.29 is 9.59 Å². The number of carbonyl (C=O) groups excluding carboxylic acids is 2. The van der Waals surface area contributed by atoms with Crippen LogP contribution in [-0.4, -0.2) is 16.4 Å². The van der Waals surface area contributed by atoms with Crippen molar-refractivity contribution in [1.29, 1.82) is 0 Å². The number of aromatic nitrogens is 1. The molecule has 1 heterocycles. The van der Waals surface area contributed by atoms with Crippen molar-refractivity contribution in [2.24, 2.45) is 18.0 Å². The van der Waals surface area contributed by atoms with E-state index in [0.29, 0.717) is 16.1 Å². The van der Waals surface area contributed by atoms with Crippen LogP contribution in [0.5, 0.6) is 0 Å². The largest absolute Gasteiger partial charge is 0.326 e. The summed E-state index contributed by atoms with van der Waals surface area (Å²) < 4.78 is 3.00. The summed E-state index contributed by atoms with van der Waals surface area (Å²) in [5, 5.41) is 2.86. The third kappa shape index (κ3) is 3.25. The predicted molar refractivity (Wildman–Crippen MR) is 98.5 cm³/mol. The van der Waals surface area contributed by atoms with Gasteiger partial charge >= 0.3 is 0 Å². The predicted octanol–water partition coefficient (Wildman–Crippen LogP) is 3.33. The van der Waals surface area contributed by atoms with Crippen LogP contribution in [0.3, 0.4) is 0 Å². The molecule has 0 aliphatic heterocycles. The van der Waals surface area contributed by atoms with Gasteiger partial charge in [0.15, 0.2) is 4.80 Å². The van der Waals surface area contributed by atoms with E-state index in [2.05, 4.69) is 10.3 Å². The number of aryl methyl sites for hydroxylation is 1. The SMILES string of the molecule is Cn1c(=NC(=O)c2cccc(NC(=O)C3CC3)c2)sc2ccccc21. The van der Waals surface area contributed by atoms with Gasteiger partial charge in [-0.05, 0) is 43.2 Å². The lowest BCUT2D eigenvalue weighted by molar-refractivity contribution is -0.117. The number of hydrogen-bond donors (Lipinski definition) is 1. The van der Waals surface area contributed by atoms with Gasteiger partial charge < -0.3 is 9.88 Å². The molecule has 0 radical (unpaired) electrons. The number of anilines is 1. The van der Waals surface area contributed by atoms with Crippen molar-refractivity contribution in [2.75, 3.05) is 5.32 Å². The van der Waals surface area contributed by atoms with Crippen LogP contribution in [0.1, 0.15) is 23.2 Å². The van der Waals surface area contributed by atoms with Crippen LogP contribution in [-0.2, 0) is 11.8 Å². The second kappa shape index (κ2) is 6.29. The molecule has 0 spiro atoms. The van der Waals surface area contributed by atoms with Crippen molar-refractivity contribution in [3.63, 3.8) is 0 Å². The Morgan fingerprint density at radius 3 is 2.72 bits per heavy atom. The topological polar surface area (TPSA) is 63.5 Å². The fourth-order valence-corrected chi connectivity index (χ4v) is 3.68. The quantitative estimate of drug-likeness (QED) is 0.787. The Bertz CT molecular complexity index is 1040. The van der Waals surface area contributed by atoms with E-state index >= 15 is 0 Å². The van der Waals surface area contributed by atoms with E-state index in [1.807, 2.05) is 35.9 Å². The lowest BCUT2D eigenvalue weighted by atomic mass is 10.2. The van der Waals surface area contributed by atoms with Crippen LogP contribution in [0.2, 0.25) is 0 Å². The highest BCUT2D eigenvalue weighted by molar-refractivity contribution is 7.16. The van der Waals surface area contributed by atoms with Gasteiger partial charge in [0.05, 0.1) is 10.2 Å². The summed E-state index contributed by atoms with van der Waals surface area (Å²) in [5.74, 6) is -0.163. The minimum atomic E-state index is -0.315. The van der Waals surface area contributed by atoms with Gasteiger partial charge in [-0.3, -0.25) is 9.59 Å². The number of para-hydroxylation sites is 1. The molecule has 1 fully saturated rings. The molecule has 126 valence electrons. The second-order valence-electron chi connectivity index (χ2n) is 6.17. The van der Waals surface area contributed by atoms with Crippen LogP contribution in [0.4, 0.5) is 5.69 Å². The number of thiazole rings is 1. The Hall–Kier alpha value is -2.73. The van der Waals surface area contributed by atoms with E-state index in [0.717, 1.165) is 23.1 Å². The molecule has 1 aromatic heterocycles. The number of rotatable bonds is 3. The van der Waals surface area contributed by atoms with E-state index in [1.54, 1.807) is 24.3 Å². The zero-order valence-electron chi connectivity index (χ0n) is 13.7. The lowest BCUT2D eigenvalue weighted by Crippen LogP contribution is -2.15. The Balaban J connectivity index is 1.63. The Morgan fingerprint density at radius 1 is 1.16 bits per heavy atom. The van der Waals surface area contributed by atoms with Gasteiger partial charge in [0.25, 0.3) is 5.91 Å². The molecule has 0 bridgehead atoms. The summed E-state index contributed by atoms with van der Waals surface area (Å²) in [5.41, 5.74) is 2.15. The molecule has 0 saturated heterocycles. The van der Waals surface area contributed by atoms with E-state index in [9.17, 15) is 9.59 Å². The molecular formula is C19H17N3O2S. The number of carbonyl (C=O) groups is 2. The first-order valence-electron chi connectivity index (χ1n) is 8.16. The Kier molecular flexibility index (Phi) is 3.97. The molecule has 3 aromatic rings. The van der Waals surface area contributed by atoms with Gasteiger partial charge in [-0.1, -0.05) is 29.5 Å². The average molecular weight is 351 g/mol. The highest BCUT2D eigenvalue weighted by Gasteiger charge is 2.29. The second-order valence-corrected chi connectivity index (χ2v) is 7.18. The zero-order valence-corrected chi connectivity index (χ0v) is 14.5. The summed E-state index contributed by atoms with van der Waals surface area (Å²) in [6.45, 7) is 0. The van der Waals surface area contributed by atoms with Gasteiger partial charge in [0.2, 0.25) is 5.91 Å². The normalized spacial score (nSPS) is 14.7. The highest BCUT2D eigenvalue weighted by Crippen LogP contribution is 2.30. The zero-order chi connectivity index (χ0) is 17.4. The number of nitrogens with zero attached hydrogens (tertiary/aromatic N) is 2. The standard InChI is InChI=1S/C19H17N3O2S/c1-22-15-7-2-3-8-16(15)25-19(22)21-18(24)13-5-4-6-14(11-13)20-17(23)12-9-10-12/h2-8,11-12H,9-10H2,1H3,(H,20,23). The molecule has 1 N–H and O–H groups in total. The lowest BCUT2D eigenvalue weighted by Gasteiger charge is -2.05. The molecular weight excluding hydrogens is 334 g/mol. The van der Waals surface area contributed by atoms with Gasteiger partial charge in [0, 0.05) is 24.2 Å². The maximum atomic E-state index is 12.5. The highest BCUT2D eigenvalue weighted by atomic mass is 32.1.